The van der Waals surface area contributed by atoms with Crippen LogP contribution in [0.2, 0.25) is 0 Å². The topological polar surface area (TPSA) is 29.4 Å². The van der Waals surface area contributed by atoms with Crippen molar-refractivity contribution in [2.75, 3.05) is 0 Å². The fourth-order valence-electron chi connectivity index (χ4n) is 1.98. The molecule has 15 heavy (non-hydrogen) atoms. The second-order valence-electron chi connectivity index (χ2n) is 3.77. The first-order valence-corrected chi connectivity index (χ1v) is 8.02. The number of hydrogen-bond acceptors (Lipinski definition) is 2. The lowest BCUT2D eigenvalue weighted by Crippen LogP contribution is -2.45. The fraction of sp³-hybridized carbons (Fsp3) is 0.889. The summed E-state index contributed by atoms with van der Waals surface area (Å²) in [5.41, 5.74) is -0.351. The molecule has 1 rings (SSSR count). The molecule has 0 aromatic carbocycles. The molecule has 0 bridgehead atoms. The Bertz CT molecular complexity index is 264. The molecule has 0 amide bonds. The van der Waals surface area contributed by atoms with Crippen molar-refractivity contribution in [3.63, 3.8) is 0 Å². The number of halogens is 4. The Morgan fingerprint density at radius 2 is 1.73 bits per heavy atom. The number of aliphatic imine (C=N–C) groups is 1. The van der Waals surface area contributed by atoms with Crippen LogP contribution in [0, 0.1) is 0 Å². The molecular weight excluding hydrogens is 458 g/mol. The van der Waals surface area contributed by atoms with Gasteiger partial charge in [-0.1, -0.05) is 83.0 Å². The van der Waals surface area contributed by atoms with E-state index >= 15 is 0 Å². The first-order valence-electron chi connectivity index (χ1n) is 4.72. The van der Waals surface area contributed by atoms with Gasteiger partial charge in [0, 0.05) is 0 Å². The number of rotatable bonds is 2. The average molecular weight is 469 g/mol. The Labute approximate surface area is 123 Å². The Hall–Kier alpha value is 1.30. The quantitative estimate of drug-likeness (QED) is 0.330. The van der Waals surface area contributed by atoms with Crippen molar-refractivity contribution in [2.24, 2.45) is 4.99 Å². The Morgan fingerprint density at radius 1 is 1.20 bits per heavy atom. The van der Waals surface area contributed by atoms with Crippen LogP contribution >= 0.6 is 63.7 Å². The minimum Gasteiger partial charge on any atom is -0.211 e. The van der Waals surface area contributed by atoms with Gasteiger partial charge in [0.25, 0.3) is 0 Å². The normalized spacial score (nSPS) is 22.9. The van der Waals surface area contributed by atoms with Gasteiger partial charge in [-0.25, -0.2) is 4.79 Å². The van der Waals surface area contributed by atoms with Gasteiger partial charge in [-0.2, -0.15) is 4.99 Å². The van der Waals surface area contributed by atoms with E-state index in [1.165, 1.54) is 6.42 Å². The third-order valence-electron chi connectivity index (χ3n) is 2.75. The van der Waals surface area contributed by atoms with Crippen LogP contribution in [0.5, 0.6) is 0 Å². The summed E-state index contributed by atoms with van der Waals surface area (Å²) in [6, 6.07) is 0. The first kappa shape index (κ1) is 14.4. The maximum Gasteiger partial charge on any atom is 0.235 e. The van der Waals surface area contributed by atoms with E-state index in [2.05, 4.69) is 68.7 Å². The van der Waals surface area contributed by atoms with Gasteiger partial charge in [0.15, 0.2) is 0 Å². The van der Waals surface area contributed by atoms with Crippen LogP contribution in [0.1, 0.15) is 32.1 Å². The molecule has 86 valence electrons. The summed E-state index contributed by atoms with van der Waals surface area (Å²) in [4.78, 5) is 14.6. The predicted molar refractivity (Wildman–Crippen MR) is 76.2 cm³/mol. The number of nitrogens with zero attached hydrogens (tertiary/aromatic N) is 1. The zero-order valence-corrected chi connectivity index (χ0v) is 14.3. The molecule has 1 unspecified atom stereocenters. The van der Waals surface area contributed by atoms with E-state index in [-0.39, 0.29) is 10.4 Å². The number of isocyanates is 1. The number of hydrogen-bond donors (Lipinski definition) is 0. The molecule has 0 aliphatic heterocycles. The SMILES string of the molecule is O=C=NC1(C(Br)C(Br)(Br)Br)CCCCC1. The Morgan fingerprint density at radius 3 is 2.13 bits per heavy atom. The summed E-state index contributed by atoms with van der Waals surface area (Å²) < 4.78 is -0.440. The highest BCUT2D eigenvalue weighted by atomic mass is 80.0. The number of carbonyl (C=O) groups excluding carboxylic acids is 1. The maximum absolute atomic E-state index is 10.6. The third kappa shape index (κ3) is 3.63. The van der Waals surface area contributed by atoms with Gasteiger partial charge in [-0.05, 0) is 12.8 Å². The van der Waals surface area contributed by atoms with Gasteiger partial charge in [-0.15, -0.1) is 0 Å². The highest BCUT2D eigenvalue weighted by Crippen LogP contribution is 2.50. The van der Waals surface area contributed by atoms with Crippen LogP contribution in [0.4, 0.5) is 0 Å². The molecule has 1 fully saturated rings. The zero-order chi connectivity index (χ0) is 11.5. The lowest BCUT2D eigenvalue weighted by molar-refractivity contribution is 0.297. The predicted octanol–water partition coefficient (Wildman–Crippen LogP) is 4.63. The van der Waals surface area contributed by atoms with E-state index in [0.717, 1.165) is 25.7 Å². The second kappa shape index (κ2) is 5.76. The van der Waals surface area contributed by atoms with E-state index < -0.39 is 2.14 Å². The Balaban J connectivity index is 2.94. The molecule has 0 saturated heterocycles. The average Bonchev–Trinajstić information content (AvgIpc) is 2.17. The molecule has 1 saturated carbocycles. The highest BCUT2D eigenvalue weighted by Gasteiger charge is 2.47. The van der Waals surface area contributed by atoms with Crippen molar-refractivity contribution in [3.8, 4) is 0 Å². The fourth-order valence-corrected chi connectivity index (χ4v) is 3.82. The smallest absolute Gasteiger partial charge is 0.211 e. The van der Waals surface area contributed by atoms with Crippen molar-refractivity contribution in [1.82, 2.24) is 0 Å². The summed E-state index contributed by atoms with van der Waals surface area (Å²) in [6.07, 6.45) is 6.99. The molecule has 0 heterocycles. The van der Waals surface area contributed by atoms with E-state index in [4.69, 9.17) is 0 Å². The Kier molecular flexibility index (Phi) is 5.52. The molecule has 0 N–H and O–H groups in total. The minimum atomic E-state index is -0.440. The summed E-state index contributed by atoms with van der Waals surface area (Å²) in [6.45, 7) is 0. The van der Waals surface area contributed by atoms with Gasteiger partial charge in [0.1, 0.15) is 2.14 Å². The van der Waals surface area contributed by atoms with Crippen molar-refractivity contribution in [3.05, 3.63) is 0 Å². The molecule has 0 spiro atoms. The van der Waals surface area contributed by atoms with E-state index in [1.807, 2.05) is 0 Å². The van der Waals surface area contributed by atoms with Crippen LogP contribution in [0.3, 0.4) is 0 Å². The molecule has 1 aliphatic carbocycles. The van der Waals surface area contributed by atoms with Crippen LogP contribution < -0.4 is 0 Å². The molecule has 1 atom stereocenters. The standard InChI is InChI=1S/C9H11Br4NO/c10-7(9(11,12)13)8(14-6-15)4-2-1-3-5-8/h7H,1-5H2. The van der Waals surface area contributed by atoms with Gasteiger partial charge >= 0.3 is 0 Å². The number of alkyl halides is 4. The zero-order valence-electron chi connectivity index (χ0n) is 7.98. The van der Waals surface area contributed by atoms with Crippen molar-refractivity contribution in [2.45, 2.75) is 44.6 Å². The lowest BCUT2D eigenvalue weighted by Gasteiger charge is -2.39. The molecule has 2 nitrogen and oxygen atoms in total. The molecule has 0 aromatic rings. The van der Waals surface area contributed by atoms with E-state index in [1.54, 1.807) is 6.08 Å². The maximum atomic E-state index is 10.6. The van der Waals surface area contributed by atoms with Crippen molar-refractivity contribution < 1.29 is 4.79 Å². The van der Waals surface area contributed by atoms with Crippen molar-refractivity contribution in [1.29, 1.82) is 0 Å². The molecule has 0 aromatic heterocycles. The molecule has 6 heteroatoms. The van der Waals surface area contributed by atoms with E-state index in [0.29, 0.717) is 0 Å². The molecule has 1 aliphatic rings. The monoisotopic (exact) mass is 465 g/mol. The highest BCUT2D eigenvalue weighted by molar-refractivity contribution is 9.40. The van der Waals surface area contributed by atoms with Crippen LogP contribution in [-0.2, 0) is 4.79 Å². The van der Waals surface area contributed by atoms with Crippen LogP contribution in [0.15, 0.2) is 4.99 Å². The summed E-state index contributed by atoms with van der Waals surface area (Å²) in [5.74, 6) is 0. The van der Waals surface area contributed by atoms with Gasteiger partial charge in [0.05, 0.1) is 10.4 Å². The molecular formula is C9H11Br4NO. The van der Waals surface area contributed by atoms with Gasteiger partial charge < -0.3 is 0 Å². The summed E-state index contributed by atoms with van der Waals surface area (Å²) >= 11 is 14.0. The first-order chi connectivity index (χ1) is 6.92. The summed E-state index contributed by atoms with van der Waals surface area (Å²) in [5, 5.41) is 0. The molecule has 0 radical (unpaired) electrons. The van der Waals surface area contributed by atoms with Crippen LogP contribution in [-0.4, -0.2) is 18.6 Å². The minimum absolute atomic E-state index is 0.000694. The lowest BCUT2D eigenvalue weighted by atomic mass is 9.80. The largest absolute Gasteiger partial charge is 0.235 e. The van der Waals surface area contributed by atoms with Crippen molar-refractivity contribution >= 4 is 69.8 Å². The van der Waals surface area contributed by atoms with Crippen LogP contribution in [0.25, 0.3) is 0 Å². The third-order valence-corrected chi connectivity index (χ3v) is 7.50. The van der Waals surface area contributed by atoms with Gasteiger partial charge in [-0.3, -0.25) is 0 Å². The van der Waals surface area contributed by atoms with E-state index in [9.17, 15) is 4.79 Å². The second-order valence-corrected chi connectivity index (χ2v) is 11.6. The van der Waals surface area contributed by atoms with Gasteiger partial charge in [0.2, 0.25) is 6.08 Å². The summed E-state index contributed by atoms with van der Waals surface area (Å²) in [7, 11) is 0.